The molecule has 0 unspecified atom stereocenters. The summed E-state index contributed by atoms with van der Waals surface area (Å²) in [6, 6.07) is 0. The lowest BCUT2D eigenvalue weighted by atomic mass is 10.8. The van der Waals surface area contributed by atoms with Gasteiger partial charge in [-0.3, -0.25) is 0 Å². The van der Waals surface area contributed by atoms with Crippen molar-refractivity contribution in [1.29, 1.82) is 0 Å². The lowest BCUT2D eigenvalue weighted by molar-refractivity contribution is 0.135. The van der Waals surface area contributed by atoms with E-state index in [0.29, 0.717) is 6.61 Å². The second kappa shape index (κ2) is 3.22. The van der Waals surface area contributed by atoms with Crippen LogP contribution in [-0.4, -0.2) is 21.5 Å². The van der Waals surface area contributed by atoms with Crippen molar-refractivity contribution in [3.8, 4) is 0 Å². The number of hydrogen-bond donors (Lipinski definition) is 0. The van der Waals surface area contributed by atoms with Crippen LogP contribution in [0, 0.1) is 0 Å². The van der Waals surface area contributed by atoms with Crippen molar-refractivity contribution in [2.75, 3.05) is 13.2 Å². The second-order valence-corrected chi connectivity index (χ2v) is 7.18. The van der Waals surface area contributed by atoms with E-state index in [1.807, 2.05) is 0 Å². The fourth-order valence-corrected chi connectivity index (χ4v) is 1.04. The van der Waals surface area contributed by atoms with Gasteiger partial charge in [-0.25, -0.2) is 5.11 Å². The highest BCUT2D eigenvalue weighted by Crippen LogP contribution is 2.00. The van der Waals surface area contributed by atoms with Gasteiger partial charge in [-0.15, -0.1) is 0 Å². The monoisotopic (exact) mass is 133 g/mol. The van der Waals surface area contributed by atoms with Crippen molar-refractivity contribution in [1.82, 2.24) is 0 Å². The van der Waals surface area contributed by atoms with E-state index >= 15 is 0 Å². The predicted molar refractivity (Wildman–Crippen MR) is 34.9 cm³/mol. The summed E-state index contributed by atoms with van der Waals surface area (Å²) in [6.07, 6.45) is 0. The Morgan fingerprint density at radius 1 is 1.38 bits per heavy atom. The Morgan fingerprint density at radius 3 is 2.00 bits per heavy atom. The van der Waals surface area contributed by atoms with Crippen molar-refractivity contribution >= 4 is 8.32 Å². The Kier molecular flexibility index (Phi) is 3.27. The highest BCUT2D eigenvalue weighted by atomic mass is 28.4. The molecule has 0 fully saturated rings. The Balaban J connectivity index is 3.11. The Bertz CT molecular complexity index is 57.9. The van der Waals surface area contributed by atoms with E-state index in [1.54, 1.807) is 0 Å². The van der Waals surface area contributed by atoms with Gasteiger partial charge in [-0.2, -0.15) is 0 Å². The minimum Gasteiger partial charge on any atom is -0.415 e. The summed E-state index contributed by atoms with van der Waals surface area (Å²) in [5.41, 5.74) is 0. The molecule has 0 aliphatic carbocycles. The highest BCUT2D eigenvalue weighted by molar-refractivity contribution is 6.69. The fraction of sp³-hybridized carbons (Fsp3) is 1.00. The second-order valence-electron chi connectivity index (χ2n) is 2.66. The molecule has 8 heavy (non-hydrogen) atoms. The molecule has 0 saturated carbocycles. The molecule has 0 aromatic rings. The summed E-state index contributed by atoms with van der Waals surface area (Å²) < 4.78 is 5.20. The van der Waals surface area contributed by atoms with Crippen LogP contribution in [0.15, 0.2) is 0 Å². The van der Waals surface area contributed by atoms with Crippen LogP contribution in [0.3, 0.4) is 0 Å². The zero-order valence-corrected chi connectivity index (χ0v) is 6.73. The van der Waals surface area contributed by atoms with Crippen LogP contribution in [-0.2, 0) is 9.53 Å². The third kappa shape index (κ3) is 6.14. The number of rotatable bonds is 3. The van der Waals surface area contributed by atoms with Gasteiger partial charge in [0.2, 0.25) is 0 Å². The van der Waals surface area contributed by atoms with Gasteiger partial charge in [0.25, 0.3) is 0 Å². The first kappa shape index (κ1) is 8.14. The van der Waals surface area contributed by atoms with Gasteiger partial charge in [0, 0.05) is 0 Å². The minimum atomic E-state index is -1.38. The van der Waals surface area contributed by atoms with Crippen LogP contribution in [0.1, 0.15) is 0 Å². The van der Waals surface area contributed by atoms with Gasteiger partial charge in [-0.05, 0) is 19.6 Å². The molecule has 0 amide bonds. The van der Waals surface area contributed by atoms with Crippen molar-refractivity contribution in [2.45, 2.75) is 19.6 Å². The van der Waals surface area contributed by atoms with Gasteiger partial charge in [-0.1, -0.05) is 0 Å². The molecule has 0 bridgehead atoms. The van der Waals surface area contributed by atoms with Crippen LogP contribution < -0.4 is 0 Å². The smallest absolute Gasteiger partial charge is 0.183 e. The molecule has 49 valence electrons. The molecule has 0 spiro atoms. The summed E-state index contributed by atoms with van der Waals surface area (Å²) in [4.78, 5) is 0. The van der Waals surface area contributed by atoms with E-state index in [0.717, 1.165) is 0 Å². The van der Waals surface area contributed by atoms with Crippen LogP contribution in [0.25, 0.3) is 0 Å². The van der Waals surface area contributed by atoms with Crippen molar-refractivity contribution in [3.63, 3.8) is 0 Å². The summed E-state index contributed by atoms with van der Waals surface area (Å²) in [5.74, 6) is 0. The first-order valence-electron chi connectivity index (χ1n) is 2.78. The molecular weight excluding hydrogens is 120 g/mol. The SMILES string of the molecule is C[Si](C)(C)OCC[O]. The average molecular weight is 133 g/mol. The molecule has 0 atom stereocenters. The molecule has 2 nitrogen and oxygen atoms in total. The van der Waals surface area contributed by atoms with Crippen molar-refractivity contribution < 1.29 is 9.53 Å². The van der Waals surface area contributed by atoms with Gasteiger partial charge >= 0.3 is 0 Å². The largest absolute Gasteiger partial charge is 0.415 e. The van der Waals surface area contributed by atoms with E-state index < -0.39 is 8.32 Å². The van der Waals surface area contributed by atoms with Gasteiger partial charge in [0.05, 0.1) is 6.61 Å². The highest BCUT2D eigenvalue weighted by Gasteiger charge is 2.12. The molecular formula is C5H13O2Si. The van der Waals surface area contributed by atoms with E-state index in [9.17, 15) is 5.11 Å². The van der Waals surface area contributed by atoms with Crippen LogP contribution in [0.2, 0.25) is 19.6 Å². The fourth-order valence-electron chi connectivity index (χ4n) is 0.348. The van der Waals surface area contributed by atoms with Gasteiger partial charge in [0.1, 0.15) is 6.61 Å². The third-order valence-corrected chi connectivity index (χ3v) is 1.69. The summed E-state index contributed by atoms with van der Waals surface area (Å²) >= 11 is 0. The normalized spacial score (nSPS) is 12.0. The molecule has 1 radical (unpaired) electrons. The minimum absolute atomic E-state index is 0.107. The molecule has 0 aliphatic heterocycles. The molecule has 0 aromatic carbocycles. The molecule has 0 heterocycles. The van der Waals surface area contributed by atoms with E-state index in [4.69, 9.17) is 4.43 Å². The molecule has 0 aromatic heterocycles. The van der Waals surface area contributed by atoms with Crippen LogP contribution >= 0.6 is 0 Å². The third-order valence-electron chi connectivity index (χ3n) is 0.618. The Hall–Kier alpha value is 0.137. The molecule has 3 heteroatoms. The molecule has 0 rings (SSSR count). The zero-order valence-electron chi connectivity index (χ0n) is 5.73. The quantitative estimate of drug-likeness (QED) is 0.533. The maximum atomic E-state index is 9.87. The van der Waals surface area contributed by atoms with Crippen LogP contribution in [0.4, 0.5) is 0 Å². The van der Waals surface area contributed by atoms with E-state index in [-0.39, 0.29) is 6.61 Å². The zero-order chi connectivity index (χ0) is 6.62. The van der Waals surface area contributed by atoms with Crippen LogP contribution in [0.5, 0.6) is 0 Å². The number of hydrogen-bond acceptors (Lipinski definition) is 1. The summed E-state index contributed by atoms with van der Waals surface area (Å²) in [5, 5.41) is 9.87. The first-order valence-corrected chi connectivity index (χ1v) is 6.19. The standard InChI is InChI=1S/C5H13O2Si/c1-8(2,3)7-5-4-6/h4-5H2,1-3H3. The summed E-state index contributed by atoms with van der Waals surface area (Å²) in [6.45, 7) is 6.49. The molecule has 0 aliphatic rings. The van der Waals surface area contributed by atoms with Crippen molar-refractivity contribution in [3.05, 3.63) is 0 Å². The maximum Gasteiger partial charge on any atom is 0.183 e. The maximum absolute atomic E-state index is 9.87. The average Bonchev–Trinajstić information content (AvgIpc) is 1.59. The first-order chi connectivity index (χ1) is 3.56. The topological polar surface area (TPSA) is 29.1 Å². The van der Waals surface area contributed by atoms with Gasteiger partial charge < -0.3 is 4.43 Å². The van der Waals surface area contributed by atoms with Crippen molar-refractivity contribution in [2.24, 2.45) is 0 Å². The molecule has 0 N–H and O–H groups in total. The predicted octanol–water partition coefficient (Wildman–Crippen LogP) is 1.27. The Morgan fingerprint density at radius 2 is 1.88 bits per heavy atom. The van der Waals surface area contributed by atoms with Gasteiger partial charge in [0.15, 0.2) is 8.32 Å². The van der Waals surface area contributed by atoms with E-state index in [1.165, 1.54) is 0 Å². The van der Waals surface area contributed by atoms with E-state index in [2.05, 4.69) is 19.6 Å². The Labute approximate surface area is 51.6 Å². The lowest BCUT2D eigenvalue weighted by Gasteiger charge is -2.14. The lowest BCUT2D eigenvalue weighted by Crippen LogP contribution is -2.26. The summed E-state index contributed by atoms with van der Waals surface area (Å²) in [7, 11) is -1.38. The molecule has 0 saturated heterocycles.